The van der Waals surface area contributed by atoms with Crippen molar-refractivity contribution in [1.82, 2.24) is 4.90 Å². The average Bonchev–Trinajstić information content (AvgIpc) is 3.03. The number of carbonyl (C=O) groups excluding carboxylic acids is 1. The van der Waals surface area contributed by atoms with Gasteiger partial charge in [0.15, 0.2) is 0 Å². The Balaban J connectivity index is 1.50. The van der Waals surface area contributed by atoms with E-state index in [4.69, 9.17) is 4.74 Å². The first-order valence-corrected chi connectivity index (χ1v) is 8.59. The lowest BCUT2D eigenvalue weighted by molar-refractivity contribution is -0.157. The molecule has 1 aromatic heterocycles. The molecule has 5 heteroatoms. The normalized spacial score (nSPS) is 27.0. The van der Waals surface area contributed by atoms with E-state index in [2.05, 4.69) is 6.92 Å². The molecule has 0 bridgehead atoms. The fourth-order valence-electron chi connectivity index (χ4n) is 3.36. The zero-order chi connectivity index (χ0) is 14.9. The molecule has 3 heterocycles. The van der Waals surface area contributed by atoms with E-state index in [0.29, 0.717) is 32.5 Å². The minimum atomic E-state index is -0.682. The van der Waals surface area contributed by atoms with Gasteiger partial charge >= 0.3 is 0 Å². The molecule has 0 radical (unpaired) electrons. The van der Waals surface area contributed by atoms with Crippen LogP contribution in [0.3, 0.4) is 0 Å². The molecule has 1 amide bonds. The van der Waals surface area contributed by atoms with Gasteiger partial charge in [-0.1, -0.05) is 25.8 Å². The van der Waals surface area contributed by atoms with Crippen LogP contribution in [0.15, 0.2) is 17.5 Å². The first kappa shape index (κ1) is 15.0. The van der Waals surface area contributed by atoms with Crippen LogP contribution >= 0.6 is 11.3 Å². The van der Waals surface area contributed by atoms with Crippen LogP contribution in [0.1, 0.15) is 37.5 Å². The van der Waals surface area contributed by atoms with Gasteiger partial charge in [0.1, 0.15) is 5.60 Å². The summed E-state index contributed by atoms with van der Waals surface area (Å²) in [6.07, 6.45) is 4.06. The molecule has 21 heavy (non-hydrogen) atoms. The van der Waals surface area contributed by atoms with Crippen molar-refractivity contribution < 1.29 is 14.6 Å². The molecule has 1 atom stereocenters. The number of carbonyl (C=O) groups is 1. The molecule has 2 saturated heterocycles. The standard InChI is InChI=1S/C16H23NO3S/c1-2-3-6-15(19)9-16(20-12-15)10-17(11-16)14(18)8-13-5-4-7-21-13/h4-5,7,19H,2-3,6,8-12H2,1H3. The highest BCUT2D eigenvalue weighted by Crippen LogP contribution is 2.42. The lowest BCUT2D eigenvalue weighted by Gasteiger charge is -2.47. The lowest BCUT2D eigenvalue weighted by Crippen LogP contribution is -2.63. The molecule has 4 nitrogen and oxygen atoms in total. The van der Waals surface area contributed by atoms with E-state index < -0.39 is 5.60 Å². The number of hydrogen-bond donors (Lipinski definition) is 1. The van der Waals surface area contributed by atoms with Gasteiger partial charge in [0.25, 0.3) is 0 Å². The molecule has 116 valence electrons. The predicted molar refractivity (Wildman–Crippen MR) is 82.4 cm³/mol. The van der Waals surface area contributed by atoms with Crippen molar-refractivity contribution in [2.24, 2.45) is 0 Å². The summed E-state index contributed by atoms with van der Waals surface area (Å²) in [6.45, 7) is 3.81. The van der Waals surface area contributed by atoms with Crippen molar-refractivity contribution in [2.75, 3.05) is 19.7 Å². The largest absolute Gasteiger partial charge is 0.387 e. The molecule has 2 fully saturated rings. The number of likely N-dealkylation sites (tertiary alicyclic amines) is 1. The van der Waals surface area contributed by atoms with E-state index in [9.17, 15) is 9.90 Å². The molecule has 0 aliphatic carbocycles. The number of unbranched alkanes of at least 4 members (excludes halogenated alkanes) is 1. The number of nitrogens with zero attached hydrogens (tertiary/aromatic N) is 1. The second-order valence-corrected chi connectivity index (χ2v) is 7.51. The van der Waals surface area contributed by atoms with Gasteiger partial charge in [0.2, 0.25) is 5.91 Å². The maximum atomic E-state index is 12.2. The van der Waals surface area contributed by atoms with Gasteiger partial charge in [-0.25, -0.2) is 0 Å². The number of thiophene rings is 1. The van der Waals surface area contributed by atoms with Crippen LogP contribution in [0.4, 0.5) is 0 Å². The number of amides is 1. The quantitative estimate of drug-likeness (QED) is 0.907. The lowest BCUT2D eigenvalue weighted by atomic mass is 9.82. The van der Waals surface area contributed by atoms with Crippen molar-refractivity contribution in [1.29, 1.82) is 0 Å². The summed E-state index contributed by atoms with van der Waals surface area (Å²) in [5.41, 5.74) is -0.966. The monoisotopic (exact) mass is 309 g/mol. The Bertz CT molecular complexity index is 496. The maximum Gasteiger partial charge on any atom is 0.228 e. The molecule has 1 spiro atoms. The predicted octanol–water partition coefficient (Wildman–Crippen LogP) is 2.21. The van der Waals surface area contributed by atoms with Gasteiger partial charge in [0.05, 0.1) is 31.7 Å². The van der Waals surface area contributed by atoms with Crippen molar-refractivity contribution in [3.05, 3.63) is 22.4 Å². The summed E-state index contributed by atoms with van der Waals surface area (Å²) in [5.74, 6) is 0.163. The van der Waals surface area contributed by atoms with Crippen LogP contribution in [0.2, 0.25) is 0 Å². The van der Waals surface area contributed by atoms with Gasteiger partial charge in [-0.05, 0) is 17.9 Å². The van der Waals surface area contributed by atoms with Gasteiger partial charge in [0, 0.05) is 11.3 Å². The maximum absolute atomic E-state index is 12.2. The van der Waals surface area contributed by atoms with E-state index in [0.717, 1.165) is 24.1 Å². The van der Waals surface area contributed by atoms with Crippen LogP contribution in [0.5, 0.6) is 0 Å². The van der Waals surface area contributed by atoms with Crippen LogP contribution < -0.4 is 0 Å². The second kappa shape index (κ2) is 5.71. The number of aliphatic hydroxyl groups is 1. The zero-order valence-electron chi connectivity index (χ0n) is 12.5. The van der Waals surface area contributed by atoms with Crippen LogP contribution in [0, 0.1) is 0 Å². The second-order valence-electron chi connectivity index (χ2n) is 6.48. The van der Waals surface area contributed by atoms with E-state index >= 15 is 0 Å². The Morgan fingerprint density at radius 1 is 1.52 bits per heavy atom. The molecule has 1 N–H and O–H groups in total. The summed E-state index contributed by atoms with van der Waals surface area (Å²) in [4.78, 5) is 15.1. The molecule has 2 aliphatic heterocycles. The van der Waals surface area contributed by atoms with Gasteiger partial charge in [-0.2, -0.15) is 0 Å². The third-order valence-corrected chi connectivity index (χ3v) is 5.39. The fraction of sp³-hybridized carbons (Fsp3) is 0.688. The Hall–Kier alpha value is -0.910. The molecule has 2 aliphatic rings. The molecular weight excluding hydrogens is 286 g/mol. The summed E-state index contributed by atoms with van der Waals surface area (Å²) in [6, 6.07) is 3.96. The van der Waals surface area contributed by atoms with E-state index in [1.165, 1.54) is 0 Å². The van der Waals surface area contributed by atoms with Gasteiger partial charge < -0.3 is 14.7 Å². The highest BCUT2D eigenvalue weighted by atomic mass is 32.1. The first-order chi connectivity index (χ1) is 10.0. The van der Waals surface area contributed by atoms with Crippen LogP contribution in [-0.4, -0.2) is 46.8 Å². The molecular formula is C16H23NO3S. The zero-order valence-corrected chi connectivity index (χ0v) is 13.3. The molecule has 1 unspecified atom stereocenters. The summed E-state index contributed by atoms with van der Waals surface area (Å²) in [5, 5.41) is 12.5. The molecule has 1 aromatic rings. The summed E-state index contributed by atoms with van der Waals surface area (Å²) in [7, 11) is 0. The Labute approximate surface area is 129 Å². The third kappa shape index (κ3) is 3.15. The number of ether oxygens (including phenoxy) is 1. The number of hydrogen-bond acceptors (Lipinski definition) is 4. The van der Waals surface area contributed by atoms with Crippen molar-refractivity contribution in [3.63, 3.8) is 0 Å². The Morgan fingerprint density at radius 3 is 3.00 bits per heavy atom. The molecule has 3 rings (SSSR count). The van der Waals surface area contributed by atoms with Crippen molar-refractivity contribution >= 4 is 17.2 Å². The topological polar surface area (TPSA) is 49.8 Å². The van der Waals surface area contributed by atoms with Crippen LogP contribution in [-0.2, 0) is 16.0 Å². The smallest absolute Gasteiger partial charge is 0.228 e. The van der Waals surface area contributed by atoms with Gasteiger partial charge in [-0.3, -0.25) is 4.79 Å². The van der Waals surface area contributed by atoms with Crippen molar-refractivity contribution in [3.8, 4) is 0 Å². The third-order valence-electron chi connectivity index (χ3n) is 4.51. The first-order valence-electron chi connectivity index (χ1n) is 7.71. The molecule has 0 saturated carbocycles. The minimum Gasteiger partial charge on any atom is -0.387 e. The summed E-state index contributed by atoms with van der Waals surface area (Å²) < 4.78 is 5.86. The van der Waals surface area contributed by atoms with Gasteiger partial charge in [-0.15, -0.1) is 11.3 Å². The summed E-state index contributed by atoms with van der Waals surface area (Å²) >= 11 is 1.62. The Kier molecular flexibility index (Phi) is 4.08. The molecule has 0 aromatic carbocycles. The van der Waals surface area contributed by atoms with Crippen LogP contribution in [0.25, 0.3) is 0 Å². The highest BCUT2D eigenvalue weighted by molar-refractivity contribution is 7.10. The van der Waals surface area contributed by atoms with E-state index in [1.807, 2.05) is 22.4 Å². The van der Waals surface area contributed by atoms with E-state index in [-0.39, 0.29) is 11.5 Å². The number of rotatable bonds is 5. The average molecular weight is 309 g/mol. The minimum absolute atomic E-state index is 0.163. The Morgan fingerprint density at radius 2 is 2.33 bits per heavy atom. The van der Waals surface area contributed by atoms with Crippen molar-refractivity contribution in [2.45, 2.75) is 50.2 Å². The highest BCUT2D eigenvalue weighted by Gasteiger charge is 2.55. The SMILES string of the molecule is CCCCC1(O)COC2(CN(C(=O)Cc3cccs3)C2)C1. The fourth-order valence-corrected chi connectivity index (χ4v) is 4.05. The van der Waals surface area contributed by atoms with E-state index in [1.54, 1.807) is 11.3 Å².